The van der Waals surface area contributed by atoms with Crippen LogP contribution < -0.4 is 25.6 Å². The molecule has 2 saturated heterocycles. The van der Waals surface area contributed by atoms with Crippen LogP contribution in [0.3, 0.4) is 0 Å². The second-order valence-electron chi connectivity index (χ2n) is 14.2. The van der Waals surface area contributed by atoms with Crippen molar-refractivity contribution in [2.24, 2.45) is 0 Å². The first-order valence-electron chi connectivity index (χ1n) is 19.6. The van der Waals surface area contributed by atoms with E-state index in [0.717, 1.165) is 16.1 Å². The van der Waals surface area contributed by atoms with Crippen LogP contribution in [-0.2, 0) is 49.5 Å². The summed E-state index contributed by atoms with van der Waals surface area (Å²) in [7, 11) is 0. The molecule has 2 heterocycles. The third-order valence-electron chi connectivity index (χ3n) is 9.29. The fourth-order valence-corrected chi connectivity index (χ4v) is 12.8. The van der Waals surface area contributed by atoms with Crippen LogP contribution in [0.15, 0.2) is 24.3 Å². The molecule has 0 radical (unpaired) electrons. The normalized spacial score (nSPS) is 19.2. The van der Waals surface area contributed by atoms with E-state index in [9.17, 15) is 68.7 Å². The van der Waals surface area contributed by atoms with Crippen LogP contribution in [0.25, 0.3) is 0 Å². The second kappa shape index (κ2) is 28.7. The van der Waals surface area contributed by atoms with Crippen LogP contribution in [0.1, 0.15) is 25.7 Å². The molecule has 2 aliphatic heterocycles. The molecule has 0 aromatic heterocycles. The van der Waals surface area contributed by atoms with Crippen molar-refractivity contribution in [3.05, 3.63) is 24.3 Å². The summed E-state index contributed by atoms with van der Waals surface area (Å²) in [4.78, 5) is 114. The summed E-state index contributed by atoms with van der Waals surface area (Å²) in [5.41, 5.74) is 0.456. The zero-order chi connectivity index (χ0) is 47.2. The van der Waals surface area contributed by atoms with Crippen LogP contribution in [0.5, 0.6) is 0 Å². The van der Waals surface area contributed by atoms with Gasteiger partial charge in [0.05, 0.1) is 13.1 Å². The van der Waals surface area contributed by atoms with Gasteiger partial charge in [-0.1, -0.05) is 0 Å². The van der Waals surface area contributed by atoms with Gasteiger partial charge in [0.2, 0.25) is 5.91 Å². The number of aliphatic carboxylic acids is 5. The van der Waals surface area contributed by atoms with E-state index >= 15 is 0 Å². The minimum absolute atomic E-state index is 0.0489. The van der Waals surface area contributed by atoms with Crippen molar-refractivity contribution < 1.29 is 80.1 Å². The molecule has 28 heteroatoms. The third-order valence-corrected chi connectivity index (χ3v) is 16.5. The molecule has 356 valence electrons. The number of hydrogen-bond donors (Lipinski definition) is 10. The van der Waals surface area contributed by atoms with Crippen molar-refractivity contribution in [3.63, 3.8) is 0 Å². The first-order valence-corrected chi connectivity index (χ1v) is 25.0. The van der Waals surface area contributed by atoms with Crippen molar-refractivity contribution in [1.29, 1.82) is 0 Å². The van der Waals surface area contributed by atoms with Crippen LogP contribution in [0.4, 0.5) is 5.69 Å². The molecule has 0 aliphatic carbocycles. The monoisotopic (exact) mass is 1030 g/mol. The van der Waals surface area contributed by atoms with Gasteiger partial charge in [0.25, 0.3) is 0 Å². The number of nitrogens with zero attached hydrogens (tertiary/aromatic N) is 3. The van der Waals surface area contributed by atoms with E-state index in [4.69, 9.17) is 11.5 Å². The molecular formula is C36H52AsN7O17S3. The van der Waals surface area contributed by atoms with E-state index in [1.807, 2.05) is 0 Å². The smallest absolute Gasteiger partial charge is 0.480 e. The molecule has 10 N–H and O–H groups in total. The Hall–Kier alpha value is -4.18. The maximum atomic E-state index is 13.0. The van der Waals surface area contributed by atoms with E-state index in [1.54, 1.807) is 34.1 Å². The van der Waals surface area contributed by atoms with E-state index in [-0.39, 0.29) is 82.1 Å². The van der Waals surface area contributed by atoms with Crippen molar-refractivity contribution in [2.75, 3.05) is 88.1 Å². The van der Waals surface area contributed by atoms with Crippen molar-refractivity contribution in [3.8, 4) is 0 Å². The second-order valence-corrected chi connectivity index (χ2v) is 21.0. The average molecular weight is 1030 g/mol. The summed E-state index contributed by atoms with van der Waals surface area (Å²) < 4.78 is 12.3. The Labute approximate surface area is 385 Å². The number of carboxylic acids is 5. The van der Waals surface area contributed by atoms with E-state index < -0.39 is 113 Å². The maximum absolute atomic E-state index is 13.0. The van der Waals surface area contributed by atoms with Gasteiger partial charge in [0.1, 0.15) is 18.6 Å². The Morgan fingerprint density at radius 2 is 1.31 bits per heavy atom. The summed E-state index contributed by atoms with van der Waals surface area (Å²) in [5.74, 6) is -9.25. The minimum Gasteiger partial charge on any atom is -0.480 e. The standard InChI is InChI=1S/C36H52AsN7O17S3/c45-18-24-19-63-60-37(61-64-24)22-1-3-23(4-2-22)39-30(48)21-62-20-26(34(55)38-15-31(49)50)41-28(46)7-5-25(35(56)57)40-29(47)8-6-27(36(58)59)44-13-11-42(16-32(51)52)9-10-43(12-14-44)17-33(53)54/h1-4,24-27,45H,5-21H2,(H,38,55)(H,39,48)(H,40,47)(H,41,46)(H,49,50)(H,51,52)(H,53,54)(H,56,57)(H,58,59)/t24?,25-,26-,27?,37?/m0/s1. The summed E-state index contributed by atoms with van der Waals surface area (Å²) in [6.07, 6.45) is -1.73. The van der Waals surface area contributed by atoms with Gasteiger partial charge in [-0.2, -0.15) is 0 Å². The molecule has 64 heavy (non-hydrogen) atoms. The van der Waals surface area contributed by atoms with Crippen molar-refractivity contribution >= 4 is 115 Å². The van der Waals surface area contributed by atoms with Crippen LogP contribution in [0, 0.1) is 0 Å². The fourth-order valence-electron chi connectivity index (χ4n) is 6.03. The van der Waals surface area contributed by atoms with Gasteiger partial charge < -0.3 is 30.8 Å². The molecule has 3 rings (SSSR count). The number of carbonyl (C=O) groups is 9. The Kier molecular flexibility index (Phi) is 24.3. The fraction of sp³-hybridized carbons (Fsp3) is 0.583. The molecule has 0 bridgehead atoms. The molecule has 2 fully saturated rings. The van der Waals surface area contributed by atoms with Crippen LogP contribution in [-0.4, -0.2) is 220 Å². The Balaban J connectivity index is 1.53. The number of thioether (sulfide) groups is 1. The minimum atomic E-state index is -2.33. The number of hydrogen-bond acceptors (Lipinski definition) is 18. The Morgan fingerprint density at radius 1 is 0.734 bits per heavy atom. The Morgan fingerprint density at radius 3 is 1.86 bits per heavy atom. The third kappa shape index (κ3) is 20.8. The SMILES string of the molecule is O=C(O)CNC(=O)[C@H](CSCC(=O)Nc1ccc([As]2OSCC(CO)SO2)cc1)NC(=O)CC[C@H](NC(=O)CCC(C(=O)O)N1CCN(CC(=O)O)CCN(CC(=O)O)CC1)C(=O)O. The molecule has 3 unspecified atom stereocenters. The predicted octanol–water partition coefficient (Wildman–Crippen LogP) is -2.88. The number of anilines is 1. The molecule has 1 aromatic rings. The number of carboxylic acid groups (broad SMARTS) is 5. The molecule has 4 amide bonds. The molecule has 24 nitrogen and oxygen atoms in total. The first-order chi connectivity index (χ1) is 30.4. The number of nitrogens with one attached hydrogen (secondary N) is 4. The van der Waals surface area contributed by atoms with Gasteiger partial charge in [-0.05, 0) is 12.8 Å². The van der Waals surface area contributed by atoms with Gasteiger partial charge in [0.15, 0.2) is 0 Å². The van der Waals surface area contributed by atoms with Gasteiger partial charge >= 0.3 is 205 Å². The molecule has 0 saturated carbocycles. The zero-order valence-corrected chi connectivity index (χ0v) is 38.7. The first kappa shape index (κ1) is 54.2. The number of aliphatic hydroxyl groups is 1. The van der Waals surface area contributed by atoms with Gasteiger partial charge in [-0.3, -0.25) is 43.5 Å². The quantitative estimate of drug-likeness (QED) is 0.0347. The van der Waals surface area contributed by atoms with E-state index in [2.05, 4.69) is 21.3 Å². The number of amides is 4. The summed E-state index contributed by atoms with van der Waals surface area (Å²) in [5, 5.41) is 66.3. The summed E-state index contributed by atoms with van der Waals surface area (Å²) in [6.45, 7) is -0.664. The molecular weight excluding hydrogens is 974 g/mol. The predicted molar refractivity (Wildman–Crippen MR) is 233 cm³/mol. The molecule has 2 aliphatic rings. The van der Waals surface area contributed by atoms with Gasteiger partial charge in [0, 0.05) is 52.1 Å². The summed E-state index contributed by atoms with van der Waals surface area (Å²) >= 11 is 1.02. The van der Waals surface area contributed by atoms with Gasteiger partial charge in [-0.15, -0.1) is 0 Å². The number of aliphatic hydroxyl groups excluding tert-OH is 1. The molecule has 1 aromatic carbocycles. The van der Waals surface area contributed by atoms with Crippen LogP contribution >= 0.6 is 35.8 Å². The average Bonchev–Trinajstić information content (AvgIpc) is 3.43. The zero-order valence-electron chi connectivity index (χ0n) is 34.3. The topological polar surface area (TPSA) is 351 Å². The summed E-state index contributed by atoms with van der Waals surface area (Å²) in [6, 6.07) is 2.57. The van der Waals surface area contributed by atoms with E-state index in [1.165, 1.54) is 29.0 Å². The van der Waals surface area contributed by atoms with Crippen LogP contribution in [0.2, 0.25) is 0 Å². The molecule has 0 spiro atoms. The van der Waals surface area contributed by atoms with Gasteiger partial charge in [-0.25, -0.2) is 4.79 Å². The Bertz CT molecular complexity index is 1760. The van der Waals surface area contributed by atoms with Crippen molar-refractivity contribution in [1.82, 2.24) is 30.7 Å². The van der Waals surface area contributed by atoms with E-state index in [0.29, 0.717) is 11.4 Å². The number of benzene rings is 1. The number of carbonyl (C=O) groups excluding carboxylic acids is 4. The number of rotatable bonds is 25. The van der Waals surface area contributed by atoms with Crippen molar-refractivity contribution in [2.45, 2.75) is 49.1 Å². The molecule has 5 atom stereocenters.